The van der Waals surface area contributed by atoms with Crippen LogP contribution in [0.1, 0.15) is 162 Å². The molecule has 5 aromatic rings. The van der Waals surface area contributed by atoms with Crippen LogP contribution >= 0.6 is 31.9 Å². The zero-order chi connectivity index (χ0) is 55.6. The molecule has 0 spiro atoms. The third kappa shape index (κ3) is 30.7. The lowest BCUT2D eigenvalue weighted by Crippen LogP contribution is -2.32. The van der Waals surface area contributed by atoms with Gasteiger partial charge in [0.1, 0.15) is 18.3 Å². The fourth-order valence-corrected chi connectivity index (χ4v) is 7.99. The maximum absolute atomic E-state index is 10.4. The first-order valence-electron chi connectivity index (χ1n) is 26.7. The molecule has 8 heteroatoms. The molecule has 5 rings (SSSR count). The predicted octanol–water partition coefficient (Wildman–Crippen LogP) is 17.6. The molecule has 402 valence electrons. The van der Waals surface area contributed by atoms with E-state index in [0.717, 1.165) is 84.3 Å². The predicted molar refractivity (Wildman–Crippen MR) is 330 cm³/mol. The Labute approximate surface area is 466 Å². The highest BCUT2D eigenvalue weighted by Gasteiger charge is 2.13. The van der Waals surface area contributed by atoms with E-state index < -0.39 is 7.12 Å². The van der Waals surface area contributed by atoms with Crippen LogP contribution in [0.5, 0.6) is 5.75 Å². The van der Waals surface area contributed by atoms with Gasteiger partial charge in [0.15, 0.2) is 0 Å². The lowest BCUT2D eigenvalue weighted by Gasteiger charge is -2.09. The molecule has 0 aliphatic heterocycles. The Hall–Kier alpha value is -4.60. The van der Waals surface area contributed by atoms with Crippen molar-refractivity contribution in [3.05, 3.63) is 179 Å². The summed E-state index contributed by atoms with van der Waals surface area (Å²) in [5.74, 6) is 3.75. The van der Waals surface area contributed by atoms with Gasteiger partial charge in [0, 0.05) is 21.8 Å². The second kappa shape index (κ2) is 38.9. The van der Waals surface area contributed by atoms with Crippen molar-refractivity contribution in [3.8, 4) is 5.75 Å². The molecule has 74 heavy (non-hydrogen) atoms. The first kappa shape index (κ1) is 67.4. The van der Waals surface area contributed by atoms with Crippen molar-refractivity contribution in [1.29, 1.82) is 0 Å². The Morgan fingerprint density at radius 1 is 0.500 bits per heavy atom. The molecule has 0 heterocycles. The maximum atomic E-state index is 10.4. The highest BCUT2D eigenvalue weighted by atomic mass is 79.9. The molecule has 0 saturated carbocycles. The smallest absolute Gasteiger partial charge is 0.488 e. The summed E-state index contributed by atoms with van der Waals surface area (Å²) in [6, 6.07) is 31.2. The molecule has 0 radical (unpaired) electrons. The fourth-order valence-electron chi connectivity index (χ4n) is 7.24. The Morgan fingerprint density at radius 3 is 1.35 bits per heavy atom. The zero-order valence-corrected chi connectivity index (χ0v) is 50.8. The number of allylic oxidation sites excluding steroid dienone is 3. The molecule has 0 aliphatic rings. The van der Waals surface area contributed by atoms with E-state index in [1.807, 2.05) is 56.3 Å². The fraction of sp³-hybridized carbons (Fsp3) is 0.424. The number of halogens is 2. The van der Waals surface area contributed by atoms with Crippen LogP contribution in [-0.4, -0.2) is 36.8 Å². The summed E-state index contributed by atoms with van der Waals surface area (Å²) in [5, 5.41) is 18.3. The molecule has 0 amide bonds. The van der Waals surface area contributed by atoms with Crippen molar-refractivity contribution in [1.82, 2.24) is 0 Å². The van der Waals surface area contributed by atoms with E-state index in [1.165, 1.54) is 67.4 Å². The van der Waals surface area contributed by atoms with E-state index in [2.05, 4.69) is 193 Å². The summed E-state index contributed by atoms with van der Waals surface area (Å²) in [5.41, 5.74) is 14.1. The number of aldehydes is 2. The summed E-state index contributed by atoms with van der Waals surface area (Å²) in [4.78, 5) is 20.8. The first-order chi connectivity index (χ1) is 35.1. The lowest BCUT2D eigenvalue weighted by atomic mass is 9.76. The van der Waals surface area contributed by atoms with E-state index >= 15 is 0 Å². The van der Waals surface area contributed by atoms with Crippen LogP contribution < -0.4 is 10.2 Å². The third-order valence-corrected chi connectivity index (χ3v) is 13.7. The van der Waals surface area contributed by atoms with E-state index in [0.29, 0.717) is 30.1 Å². The van der Waals surface area contributed by atoms with Gasteiger partial charge in [0.25, 0.3) is 0 Å². The summed E-state index contributed by atoms with van der Waals surface area (Å²) in [6.07, 6.45) is 24.9. The van der Waals surface area contributed by atoms with Crippen molar-refractivity contribution >= 4 is 75.2 Å². The van der Waals surface area contributed by atoms with Crippen molar-refractivity contribution in [2.45, 2.75) is 154 Å². The molecule has 0 aromatic heterocycles. The minimum absolute atomic E-state index is 0.576. The van der Waals surface area contributed by atoms with E-state index in [1.54, 1.807) is 7.11 Å². The third-order valence-electron chi connectivity index (χ3n) is 12.0. The van der Waals surface area contributed by atoms with Gasteiger partial charge in [-0.3, -0.25) is 0 Å². The van der Waals surface area contributed by atoms with Crippen LogP contribution in [0.25, 0.3) is 18.2 Å². The van der Waals surface area contributed by atoms with Crippen LogP contribution in [0, 0.1) is 58.3 Å². The number of hydrogen-bond donors (Lipinski definition) is 2. The van der Waals surface area contributed by atoms with Gasteiger partial charge in [0.05, 0.1) is 7.11 Å². The minimum Gasteiger partial charge on any atom is -0.497 e. The van der Waals surface area contributed by atoms with Crippen molar-refractivity contribution in [3.63, 3.8) is 0 Å². The van der Waals surface area contributed by atoms with Crippen LogP contribution in [-0.2, 0) is 28.9 Å². The van der Waals surface area contributed by atoms with Crippen molar-refractivity contribution in [2.24, 2.45) is 23.7 Å². The van der Waals surface area contributed by atoms with Gasteiger partial charge in [-0.15, -0.1) is 0 Å². The standard InChI is InChI=1S/C16H24O.C16H22O.C13H19BO2.C13H17Br.C8H9BrO/c2*1-13(2)6-4-7-15-10-9-14(3)16(12-15)8-5-11-17;1-10(2)5-4-6-12-8-7-11(3)13(9-12)14(15)16;1-10(2)5-4-6-12-8-7-11(3)13(14)9-12;1-6-3-4-7(10-2)5-8(6)9/h9-13H,4-8H2,1-3H3;4,7,9-13H,5-6,8H2,1-3H3;4,6-10,15-16H,5H2,1-3H3;4,6-10H,5H2,1-3H3;3-5H,1-2H3/b;7-4+;2*6-4+;. The second-order valence-corrected chi connectivity index (χ2v) is 22.6. The van der Waals surface area contributed by atoms with Gasteiger partial charge >= 0.3 is 7.12 Å². The molecular formula is C66H91BBr2O5. The lowest BCUT2D eigenvalue weighted by molar-refractivity contribution is -0.108. The van der Waals surface area contributed by atoms with E-state index in [-0.39, 0.29) is 0 Å². The maximum Gasteiger partial charge on any atom is 0.488 e. The molecule has 0 unspecified atom stereocenters. The summed E-state index contributed by atoms with van der Waals surface area (Å²) in [6.45, 7) is 28.0. The summed E-state index contributed by atoms with van der Waals surface area (Å²) < 4.78 is 7.29. The Balaban J connectivity index is 0.000000467. The number of aryl methyl sites for hydroxylation is 8. The van der Waals surface area contributed by atoms with Crippen molar-refractivity contribution in [2.75, 3.05) is 7.11 Å². The molecule has 2 N–H and O–H groups in total. The first-order valence-corrected chi connectivity index (χ1v) is 28.3. The second-order valence-electron chi connectivity index (χ2n) is 20.9. The van der Waals surface area contributed by atoms with Crippen LogP contribution in [0.3, 0.4) is 0 Å². The minimum atomic E-state index is -1.39. The largest absolute Gasteiger partial charge is 0.497 e. The van der Waals surface area contributed by atoms with Gasteiger partial charge in [-0.1, -0.05) is 208 Å². The highest BCUT2D eigenvalue weighted by Crippen LogP contribution is 2.22. The SMILES string of the molecule is COc1ccc(C)c(Br)c1.Cc1ccc(/C=C/CC(C)C)cc1B(O)O.Cc1ccc(/C=C/CC(C)C)cc1Br.Cc1ccc(/C=C/CC(C)C)cc1CCC=O.Cc1ccc(CCCC(C)C)cc1CCC=O. The topological polar surface area (TPSA) is 83.8 Å². The Kier molecular flexibility index (Phi) is 35.4. The monoisotopic (exact) mass is 1130 g/mol. The molecular weight excluding hydrogens is 1040 g/mol. The number of hydrogen-bond acceptors (Lipinski definition) is 5. The van der Waals surface area contributed by atoms with E-state index in [9.17, 15) is 19.6 Å². The molecule has 0 bridgehead atoms. The number of rotatable bonds is 21. The van der Waals surface area contributed by atoms with Crippen LogP contribution in [0.2, 0.25) is 0 Å². The zero-order valence-electron chi connectivity index (χ0n) is 47.6. The van der Waals surface area contributed by atoms with Gasteiger partial charge in [-0.2, -0.15) is 0 Å². The number of ether oxygens (including phenoxy) is 1. The summed E-state index contributed by atoms with van der Waals surface area (Å²) in [7, 11) is 0.273. The van der Waals surface area contributed by atoms with Gasteiger partial charge < -0.3 is 24.4 Å². The summed E-state index contributed by atoms with van der Waals surface area (Å²) >= 11 is 6.94. The number of carbonyl (C=O) groups excluding carboxylic acids is 2. The van der Waals surface area contributed by atoms with E-state index in [4.69, 9.17) is 4.74 Å². The normalized spacial score (nSPS) is 11.0. The van der Waals surface area contributed by atoms with Gasteiger partial charge in [-0.25, -0.2) is 0 Å². The molecule has 0 saturated heterocycles. The highest BCUT2D eigenvalue weighted by molar-refractivity contribution is 9.10. The number of carbonyl (C=O) groups is 2. The molecule has 0 fully saturated rings. The quantitative estimate of drug-likeness (QED) is 0.0565. The number of methoxy groups -OCH3 is 1. The molecule has 5 nitrogen and oxygen atoms in total. The average Bonchev–Trinajstić information content (AvgIpc) is 3.34. The van der Waals surface area contributed by atoms with Gasteiger partial charge in [-0.05, 0) is 183 Å². The molecule has 0 atom stereocenters. The Morgan fingerprint density at radius 2 is 0.919 bits per heavy atom. The van der Waals surface area contributed by atoms with Crippen LogP contribution in [0.4, 0.5) is 0 Å². The number of benzene rings is 5. The molecule has 5 aromatic carbocycles. The molecule has 0 aliphatic carbocycles. The van der Waals surface area contributed by atoms with Crippen molar-refractivity contribution < 1.29 is 24.4 Å². The van der Waals surface area contributed by atoms with Crippen LogP contribution in [0.15, 0.2) is 118 Å². The Bertz CT molecular complexity index is 2460. The van der Waals surface area contributed by atoms with Gasteiger partial charge in [0.2, 0.25) is 0 Å². The average molecular weight is 1140 g/mol.